The maximum absolute atomic E-state index is 13.0. The number of allylic oxidation sites excluding steroid dienone is 2. The Morgan fingerprint density at radius 3 is 2.52 bits per heavy atom. The molecule has 344 valence electrons. The number of aromatic amines is 1. The molecule has 1 aromatic heterocycles. The van der Waals surface area contributed by atoms with Crippen molar-refractivity contribution in [2.75, 3.05) is 11.9 Å². The Labute approximate surface area is 375 Å². The van der Waals surface area contributed by atoms with Gasteiger partial charge in [-0.3, -0.25) is 0 Å². The number of H-pyrrole nitrogens is 1. The summed E-state index contributed by atoms with van der Waals surface area (Å²) in [4.78, 5) is 44.4. The Hall–Kier alpha value is -4.82. The van der Waals surface area contributed by atoms with Crippen LogP contribution in [-0.2, 0) is 20.8 Å². The minimum Gasteiger partial charge on any atom is -0.478 e. The molecule has 13 heteroatoms. The SMILES string of the molecule is NC1=N[C@H](/C(=C\C(=O)O)[C@H](Nc2ccc[nH]2)[C@H]2CC[C@@H]3c4cc5ccc(CC=O)cc5cc4[C@@H]4[C@H]2[C@H]3C=C[C@H]4CCCCC[C@H](C=O)CCCO)C[C@H]([C@H](O)[C@H](O)C2(O)CCCC2)N1. The first-order valence-corrected chi connectivity index (χ1v) is 23.8. The molecule has 0 saturated heterocycles. The predicted octanol–water partition coefficient (Wildman–Crippen LogP) is 6.02. The number of hydrogen-bond acceptors (Lipinski definition) is 11. The van der Waals surface area contributed by atoms with E-state index < -0.39 is 41.9 Å². The van der Waals surface area contributed by atoms with Gasteiger partial charge in [0, 0.05) is 31.2 Å². The van der Waals surface area contributed by atoms with Crippen LogP contribution in [0, 0.1) is 29.6 Å². The molecular weight excluding hydrogens is 811 g/mol. The number of rotatable bonds is 21. The van der Waals surface area contributed by atoms with Crippen molar-refractivity contribution in [3.05, 3.63) is 89.2 Å². The van der Waals surface area contributed by atoms with Crippen molar-refractivity contribution in [3.63, 3.8) is 0 Å². The molecule has 5 aliphatic rings. The molecule has 10 N–H and O–H groups in total. The lowest BCUT2D eigenvalue weighted by atomic mass is 9.48. The number of nitrogens with one attached hydrogen (secondary N) is 3. The summed E-state index contributed by atoms with van der Waals surface area (Å²) in [6.45, 7) is 0.0893. The zero-order valence-corrected chi connectivity index (χ0v) is 36.7. The second-order valence-corrected chi connectivity index (χ2v) is 19.5. The number of anilines is 1. The molecule has 0 spiro atoms. The minimum atomic E-state index is -1.43. The van der Waals surface area contributed by atoms with E-state index in [1.807, 2.05) is 24.4 Å². The number of aliphatic carboxylic acids is 1. The van der Waals surface area contributed by atoms with Crippen LogP contribution < -0.4 is 16.4 Å². The van der Waals surface area contributed by atoms with Gasteiger partial charge in [0.2, 0.25) is 0 Å². The molecular formula is C51H67N5O8. The van der Waals surface area contributed by atoms with Crippen LogP contribution in [0.25, 0.3) is 10.8 Å². The second kappa shape index (κ2) is 20.1. The van der Waals surface area contributed by atoms with Crippen LogP contribution >= 0.6 is 0 Å². The Kier molecular flexibility index (Phi) is 14.4. The van der Waals surface area contributed by atoms with Gasteiger partial charge in [0.25, 0.3) is 0 Å². The number of carbonyl (C=O) groups is 3. The molecule has 2 saturated carbocycles. The molecule has 2 fully saturated rings. The average Bonchev–Trinajstić information content (AvgIpc) is 3.99. The smallest absolute Gasteiger partial charge is 0.328 e. The molecule has 3 aromatic rings. The highest BCUT2D eigenvalue weighted by molar-refractivity contribution is 5.86. The highest BCUT2D eigenvalue weighted by atomic mass is 16.4. The van der Waals surface area contributed by atoms with Crippen LogP contribution in [0.15, 0.2) is 77.5 Å². The maximum atomic E-state index is 13.0. The summed E-state index contributed by atoms with van der Waals surface area (Å²) >= 11 is 0. The number of nitrogens with two attached hydrogens (primary N) is 1. The number of fused-ring (bicyclic) bond motifs is 4. The fraction of sp³-hybridized carbons (Fsp3) is 0.569. The van der Waals surface area contributed by atoms with Crippen LogP contribution in [0.4, 0.5) is 5.82 Å². The fourth-order valence-corrected chi connectivity index (χ4v) is 12.6. The zero-order chi connectivity index (χ0) is 45.0. The highest BCUT2D eigenvalue weighted by Gasteiger charge is 2.55. The van der Waals surface area contributed by atoms with Crippen molar-refractivity contribution in [2.45, 2.75) is 144 Å². The van der Waals surface area contributed by atoms with E-state index in [1.165, 1.54) is 17.2 Å². The van der Waals surface area contributed by atoms with E-state index in [9.17, 15) is 39.9 Å². The lowest BCUT2D eigenvalue weighted by molar-refractivity contribution is -0.131. The van der Waals surface area contributed by atoms with Crippen LogP contribution in [0.1, 0.15) is 118 Å². The minimum absolute atomic E-state index is 0.0321. The van der Waals surface area contributed by atoms with Gasteiger partial charge >= 0.3 is 5.97 Å². The van der Waals surface area contributed by atoms with Crippen LogP contribution in [0.5, 0.6) is 0 Å². The number of unbranched alkanes of at least 4 members (excludes halogenated alkanes) is 2. The first-order chi connectivity index (χ1) is 31.0. The number of hydrogen-bond donors (Lipinski definition) is 9. The molecule has 4 bridgehead atoms. The summed E-state index contributed by atoms with van der Waals surface area (Å²) in [5.41, 5.74) is 9.24. The fourth-order valence-electron chi connectivity index (χ4n) is 12.6. The summed E-state index contributed by atoms with van der Waals surface area (Å²) in [6, 6.07) is 12.8. The van der Waals surface area contributed by atoms with Crippen LogP contribution in [0.2, 0.25) is 0 Å². The van der Waals surface area contributed by atoms with E-state index in [1.54, 1.807) is 0 Å². The number of aldehydes is 2. The molecule has 64 heavy (non-hydrogen) atoms. The number of guanidine groups is 1. The molecule has 2 heterocycles. The quantitative estimate of drug-likeness (QED) is 0.0260. The van der Waals surface area contributed by atoms with Gasteiger partial charge in [-0.15, -0.1) is 0 Å². The molecule has 1 aliphatic heterocycles. The van der Waals surface area contributed by atoms with E-state index in [0.29, 0.717) is 37.7 Å². The van der Waals surface area contributed by atoms with Gasteiger partial charge in [-0.1, -0.05) is 74.6 Å². The predicted molar refractivity (Wildman–Crippen MR) is 247 cm³/mol. The largest absolute Gasteiger partial charge is 0.478 e. The number of carbonyl (C=O) groups excluding carboxylic acids is 2. The molecule has 0 amide bonds. The summed E-state index contributed by atoms with van der Waals surface area (Å²) in [6.07, 6.45) is 17.6. The number of carboxylic acids is 1. The third kappa shape index (κ3) is 9.59. The molecule has 0 unspecified atom stereocenters. The second-order valence-electron chi connectivity index (χ2n) is 19.5. The molecule has 8 rings (SSSR count). The number of benzene rings is 2. The van der Waals surface area contributed by atoms with Crippen molar-refractivity contribution in [2.24, 2.45) is 40.3 Å². The number of aliphatic hydroxyl groups is 4. The Morgan fingerprint density at radius 2 is 1.78 bits per heavy atom. The third-order valence-electron chi connectivity index (χ3n) is 15.6. The van der Waals surface area contributed by atoms with Gasteiger partial charge in [0.05, 0.1) is 23.7 Å². The number of aliphatic imine (C=N–C) groups is 1. The van der Waals surface area contributed by atoms with Gasteiger partial charge in [-0.25, -0.2) is 9.79 Å². The van der Waals surface area contributed by atoms with Crippen molar-refractivity contribution in [3.8, 4) is 0 Å². The Morgan fingerprint density at radius 1 is 0.984 bits per heavy atom. The van der Waals surface area contributed by atoms with Crippen molar-refractivity contribution in [1.82, 2.24) is 10.3 Å². The van der Waals surface area contributed by atoms with Gasteiger partial charge in [0.15, 0.2) is 5.96 Å². The van der Waals surface area contributed by atoms with Gasteiger partial charge in [0.1, 0.15) is 30.6 Å². The number of nitrogens with zero attached hydrogens (tertiary/aromatic N) is 1. The first-order valence-electron chi connectivity index (χ1n) is 23.8. The topological polar surface area (TPSA) is 231 Å². The monoisotopic (exact) mass is 877 g/mol. The van der Waals surface area contributed by atoms with E-state index >= 15 is 0 Å². The maximum Gasteiger partial charge on any atom is 0.328 e. The number of carboxylic acid groups (broad SMARTS) is 1. The molecule has 13 nitrogen and oxygen atoms in total. The lowest BCUT2D eigenvalue weighted by Crippen LogP contribution is -2.60. The molecule has 0 radical (unpaired) electrons. The van der Waals surface area contributed by atoms with E-state index in [4.69, 9.17) is 10.7 Å². The lowest BCUT2D eigenvalue weighted by Gasteiger charge is -2.57. The van der Waals surface area contributed by atoms with Gasteiger partial charge in [-0.05, 0) is 138 Å². The molecule has 2 aromatic carbocycles. The third-order valence-corrected chi connectivity index (χ3v) is 15.6. The molecule has 4 aliphatic carbocycles. The molecule has 12 atom stereocenters. The van der Waals surface area contributed by atoms with Crippen molar-refractivity contribution in [1.29, 1.82) is 0 Å². The van der Waals surface area contributed by atoms with Gasteiger partial charge < -0.3 is 56.5 Å². The number of aliphatic hydroxyl groups excluding tert-OH is 3. The summed E-state index contributed by atoms with van der Waals surface area (Å²) < 4.78 is 0. The normalized spacial score (nSPS) is 28.9. The van der Waals surface area contributed by atoms with Gasteiger partial charge in [-0.2, -0.15) is 0 Å². The highest BCUT2D eigenvalue weighted by Crippen LogP contribution is 2.62. The van der Waals surface area contributed by atoms with Crippen molar-refractivity contribution >= 4 is 41.1 Å². The first kappa shape index (κ1) is 45.7. The van der Waals surface area contributed by atoms with Crippen LogP contribution in [0.3, 0.4) is 0 Å². The number of aromatic nitrogens is 1. The van der Waals surface area contributed by atoms with E-state index in [-0.39, 0.29) is 60.4 Å². The van der Waals surface area contributed by atoms with Crippen LogP contribution in [-0.4, -0.2) is 97.6 Å². The zero-order valence-electron chi connectivity index (χ0n) is 36.7. The summed E-state index contributed by atoms with van der Waals surface area (Å²) in [7, 11) is 0. The Balaban J connectivity index is 1.16. The summed E-state index contributed by atoms with van der Waals surface area (Å²) in [5, 5.41) is 63.2. The van der Waals surface area contributed by atoms with E-state index in [0.717, 1.165) is 92.5 Å². The summed E-state index contributed by atoms with van der Waals surface area (Å²) in [5.74, 6) is 0.418. The standard InChI is InChI=1S/C51H67N5O8/c52-50-54-41(28-42(55-50)48(62)49(63)51(64)19-4-5-20-51)40(27-44(60)61)47(56-43-11-6-21-53-43)37-17-16-35-36-15-14-32(10-3-1-2-8-31(29-59)9-7-22-57)45(46(36)37)39-26-34-24-30(18-23-58)12-13-33(34)25-38(35)39/h6,11-15,21,23-27,29,31-32,35-37,41-42,45-49,53,56-57,62-64H,1-5,7-10,16-20,22,28H2,(H,60,61)(H3,52,54,55)/b40-27+/t31-,32+,35-,36-,37-,41-,42+,45+,46-,47+,48-,49-/m0/s1. The Bertz CT molecular complexity index is 2200. The van der Waals surface area contributed by atoms with E-state index in [2.05, 4.69) is 52.0 Å². The van der Waals surface area contributed by atoms with Crippen molar-refractivity contribution < 1.29 is 39.9 Å². The average molecular weight is 878 g/mol.